The van der Waals surface area contributed by atoms with E-state index in [2.05, 4.69) is 9.72 Å². The number of aromatic hydroxyl groups is 1. The summed E-state index contributed by atoms with van der Waals surface area (Å²) in [6.07, 6.45) is 4.46. The highest BCUT2D eigenvalue weighted by atomic mass is 16.5. The molecule has 0 spiro atoms. The van der Waals surface area contributed by atoms with Gasteiger partial charge in [-0.15, -0.1) is 0 Å². The molecule has 0 saturated heterocycles. The van der Waals surface area contributed by atoms with Crippen LogP contribution in [0.2, 0.25) is 0 Å². The number of nitrogens with zero attached hydrogens (tertiary/aromatic N) is 2. The number of hydrogen-bond donors (Lipinski definition) is 1. The molecule has 21 heavy (non-hydrogen) atoms. The van der Waals surface area contributed by atoms with E-state index in [1.165, 1.54) is 30.5 Å². The van der Waals surface area contributed by atoms with Gasteiger partial charge in [0, 0.05) is 12.7 Å². The molecule has 1 aromatic rings. The number of pyridine rings is 1. The Labute approximate surface area is 124 Å². The number of esters is 1. The molecule has 1 amide bonds. The SMILES string of the molecule is CCC(CC)CN(CC(=O)OC)C(=O)c1cncc(O)c1. The molecule has 0 aromatic carbocycles. The molecule has 0 saturated carbocycles. The second-order valence-corrected chi connectivity index (χ2v) is 4.88. The largest absolute Gasteiger partial charge is 0.506 e. The summed E-state index contributed by atoms with van der Waals surface area (Å²) >= 11 is 0. The molecule has 0 bridgehead atoms. The normalized spacial score (nSPS) is 10.5. The van der Waals surface area contributed by atoms with Crippen molar-refractivity contribution in [1.29, 1.82) is 0 Å². The van der Waals surface area contributed by atoms with Crippen LogP contribution in [0.5, 0.6) is 5.75 Å². The fourth-order valence-corrected chi connectivity index (χ4v) is 2.03. The van der Waals surface area contributed by atoms with E-state index in [1.54, 1.807) is 0 Å². The smallest absolute Gasteiger partial charge is 0.325 e. The van der Waals surface area contributed by atoms with Crippen LogP contribution in [0.15, 0.2) is 18.5 Å². The van der Waals surface area contributed by atoms with Gasteiger partial charge in [0.25, 0.3) is 5.91 Å². The zero-order valence-corrected chi connectivity index (χ0v) is 12.7. The molecule has 0 unspecified atom stereocenters. The van der Waals surface area contributed by atoms with E-state index in [0.717, 1.165) is 12.8 Å². The third kappa shape index (κ3) is 5.06. The summed E-state index contributed by atoms with van der Waals surface area (Å²) in [5.74, 6) is -0.580. The zero-order chi connectivity index (χ0) is 15.8. The first-order valence-corrected chi connectivity index (χ1v) is 7.01. The Balaban J connectivity index is 2.93. The summed E-state index contributed by atoms with van der Waals surface area (Å²) in [6, 6.07) is 1.34. The summed E-state index contributed by atoms with van der Waals surface area (Å²) in [4.78, 5) is 29.2. The molecule has 6 heteroatoms. The maximum Gasteiger partial charge on any atom is 0.325 e. The van der Waals surface area contributed by atoms with Gasteiger partial charge in [0.15, 0.2) is 0 Å². The van der Waals surface area contributed by atoms with Crippen molar-refractivity contribution in [3.63, 3.8) is 0 Å². The third-order valence-electron chi connectivity index (χ3n) is 3.44. The van der Waals surface area contributed by atoms with Crippen molar-refractivity contribution < 1.29 is 19.4 Å². The van der Waals surface area contributed by atoms with Gasteiger partial charge in [-0.05, 0) is 12.0 Å². The second kappa shape index (κ2) is 8.24. The van der Waals surface area contributed by atoms with E-state index in [9.17, 15) is 14.7 Å². The molecule has 6 nitrogen and oxygen atoms in total. The Morgan fingerprint density at radius 2 is 2.00 bits per heavy atom. The molecule has 1 N–H and O–H groups in total. The van der Waals surface area contributed by atoms with Crippen molar-refractivity contribution in [3.8, 4) is 5.75 Å². The number of carbonyl (C=O) groups is 2. The molecule has 0 aliphatic rings. The van der Waals surface area contributed by atoms with Crippen molar-refractivity contribution in [3.05, 3.63) is 24.0 Å². The van der Waals surface area contributed by atoms with Crippen LogP contribution in [0.25, 0.3) is 0 Å². The van der Waals surface area contributed by atoms with Crippen LogP contribution >= 0.6 is 0 Å². The molecule has 1 heterocycles. The van der Waals surface area contributed by atoms with Gasteiger partial charge in [-0.3, -0.25) is 14.6 Å². The first kappa shape index (κ1) is 16.9. The highest BCUT2D eigenvalue weighted by molar-refractivity contribution is 5.96. The number of hydrogen-bond acceptors (Lipinski definition) is 5. The lowest BCUT2D eigenvalue weighted by molar-refractivity contribution is -0.141. The minimum Gasteiger partial charge on any atom is -0.506 e. The first-order chi connectivity index (χ1) is 10.0. The fraction of sp³-hybridized carbons (Fsp3) is 0.533. The van der Waals surface area contributed by atoms with E-state index in [1.807, 2.05) is 13.8 Å². The number of methoxy groups -OCH3 is 1. The first-order valence-electron chi connectivity index (χ1n) is 7.01. The van der Waals surface area contributed by atoms with E-state index in [4.69, 9.17) is 0 Å². The van der Waals surface area contributed by atoms with E-state index >= 15 is 0 Å². The molecule has 0 aliphatic heterocycles. The van der Waals surface area contributed by atoms with Gasteiger partial charge in [-0.1, -0.05) is 26.7 Å². The van der Waals surface area contributed by atoms with Crippen molar-refractivity contribution in [2.45, 2.75) is 26.7 Å². The molecule has 0 atom stereocenters. The van der Waals surface area contributed by atoms with Gasteiger partial charge in [-0.2, -0.15) is 0 Å². The van der Waals surface area contributed by atoms with Crippen LogP contribution in [-0.2, 0) is 9.53 Å². The Kier molecular flexibility index (Phi) is 6.65. The highest BCUT2D eigenvalue weighted by Gasteiger charge is 2.22. The van der Waals surface area contributed by atoms with Gasteiger partial charge in [0.1, 0.15) is 12.3 Å². The minimum atomic E-state index is -0.470. The highest BCUT2D eigenvalue weighted by Crippen LogP contribution is 2.15. The zero-order valence-electron chi connectivity index (χ0n) is 12.7. The predicted molar refractivity (Wildman–Crippen MR) is 77.9 cm³/mol. The number of carbonyl (C=O) groups excluding carboxylic acids is 2. The quantitative estimate of drug-likeness (QED) is 0.776. The number of rotatable bonds is 7. The van der Waals surface area contributed by atoms with Crippen LogP contribution in [0, 0.1) is 5.92 Å². The maximum atomic E-state index is 12.5. The standard InChI is InChI=1S/C15H22N2O4/c1-4-11(5-2)9-17(10-14(19)21-3)15(20)12-6-13(18)8-16-7-12/h6-8,11,18H,4-5,9-10H2,1-3H3. The molecule has 0 fully saturated rings. The summed E-state index contributed by atoms with van der Waals surface area (Å²) in [5, 5.41) is 9.42. The maximum absolute atomic E-state index is 12.5. The van der Waals surface area contributed by atoms with Crippen molar-refractivity contribution >= 4 is 11.9 Å². The third-order valence-corrected chi connectivity index (χ3v) is 3.44. The summed E-state index contributed by atoms with van der Waals surface area (Å²) in [5.41, 5.74) is 0.254. The van der Waals surface area contributed by atoms with Crippen LogP contribution in [0.1, 0.15) is 37.0 Å². The molecule has 0 aliphatic carbocycles. The number of ether oxygens (including phenoxy) is 1. The number of aromatic nitrogens is 1. The van der Waals surface area contributed by atoms with E-state index in [-0.39, 0.29) is 23.8 Å². The second-order valence-electron chi connectivity index (χ2n) is 4.88. The van der Waals surface area contributed by atoms with Gasteiger partial charge in [0.2, 0.25) is 0 Å². The Morgan fingerprint density at radius 3 is 2.52 bits per heavy atom. The Morgan fingerprint density at radius 1 is 1.33 bits per heavy atom. The monoisotopic (exact) mass is 294 g/mol. The van der Waals surface area contributed by atoms with Crippen LogP contribution in [0.4, 0.5) is 0 Å². The summed E-state index contributed by atoms with van der Waals surface area (Å²) in [6.45, 7) is 4.45. The Bertz CT molecular complexity index is 486. The van der Waals surface area contributed by atoms with Gasteiger partial charge in [-0.25, -0.2) is 0 Å². The van der Waals surface area contributed by atoms with Crippen molar-refractivity contribution in [2.75, 3.05) is 20.2 Å². The van der Waals surface area contributed by atoms with Crippen molar-refractivity contribution in [1.82, 2.24) is 9.88 Å². The molecule has 1 aromatic heterocycles. The van der Waals surface area contributed by atoms with Gasteiger partial charge < -0.3 is 14.7 Å². The van der Waals surface area contributed by atoms with Gasteiger partial charge >= 0.3 is 5.97 Å². The topological polar surface area (TPSA) is 79.7 Å². The van der Waals surface area contributed by atoms with E-state index < -0.39 is 5.97 Å². The lowest BCUT2D eigenvalue weighted by atomic mass is 10.0. The number of amides is 1. The van der Waals surface area contributed by atoms with Crippen LogP contribution in [-0.4, -0.2) is 47.1 Å². The van der Waals surface area contributed by atoms with Gasteiger partial charge in [0.05, 0.1) is 18.9 Å². The Hall–Kier alpha value is -2.11. The van der Waals surface area contributed by atoms with Crippen LogP contribution < -0.4 is 0 Å². The molecular weight excluding hydrogens is 272 g/mol. The molecule has 1 rings (SSSR count). The lowest BCUT2D eigenvalue weighted by Crippen LogP contribution is -2.39. The van der Waals surface area contributed by atoms with E-state index in [0.29, 0.717) is 12.5 Å². The van der Waals surface area contributed by atoms with Crippen LogP contribution in [0.3, 0.4) is 0 Å². The molecule has 116 valence electrons. The minimum absolute atomic E-state index is 0.0820. The molecular formula is C15H22N2O4. The average Bonchev–Trinajstić information content (AvgIpc) is 2.50. The molecule has 0 radical (unpaired) electrons. The van der Waals surface area contributed by atoms with Crippen molar-refractivity contribution in [2.24, 2.45) is 5.92 Å². The lowest BCUT2D eigenvalue weighted by Gasteiger charge is -2.25. The predicted octanol–water partition coefficient (Wildman–Crippen LogP) is 1.84. The summed E-state index contributed by atoms with van der Waals surface area (Å²) in [7, 11) is 1.29. The average molecular weight is 294 g/mol. The summed E-state index contributed by atoms with van der Waals surface area (Å²) < 4.78 is 4.64. The fourth-order valence-electron chi connectivity index (χ4n) is 2.03.